The molecule has 1 atom stereocenters. The highest BCUT2D eigenvalue weighted by atomic mass is 16.6. The molecular weight excluding hydrogens is 434 g/mol. The standard InChI is InChI=1S/C21H21NO6.C6H4/c1-15(23)27-13-21(12-16-8-4-3-5-9-16)14-28-20(25)22(21)18-11-7-6-10-17(18)19(24)26-2;1-2-5-4-6(5)3-1/h3-11H,12-14H2,1-2H3;1-4H. The number of benzene rings is 3. The van der Waals surface area contributed by atoms with Crippen molar-refractivity contribution in [3.8, 4) is 11.1 Å². The van der Waals surface area contributed by atoms with Gasteiger partial charge in [0.15, 0.2) is 0 Å². The Hall–Kier alpha value is -4.13. The Labute approximate surface area is 197 Å². The third kappa shape index (κ3) is 4.93. The van der Waals surface area contributed by atoms with Crippen molar-refractivity contribution >= 4 is 23.7 Å². The summed E-state index contributed by atoms with van der Waals surface area (Å²) in [6.45, 7) is 1.25. The number of para-hydroxylation sites is 1. The van der Waals surface area contributed by atoms with Gasteiger partial charge < -0.3 is 14.2 Å². The summed E-state index contributed by atoms with van der Waals surface area (Å²) in [5.74, 6) is -1.04. The van der Waals surface area contributed by atoms with Crippen LogP contribution in [0.25, 0.3) is 11.1 Å². The first-order valence-electron chi connectivity index (χ1n) is 10.9. The van der Waals surface area contributed by atoms with Gasteiger partial charge in [0.25, 0.3) is 0 Å². The number of hydrogen-bond acceptors (Lipinski definition) is 6. The van der Waals surface area contributed by atoms with Gasteiger partial charge in [-0.2, -0.15) is 0 Å². The Morgan fingerprint density at radius 3 is 2.24 bits per heavy atom. The fourth-order valence-electron chi connectivity index (χ4n) is 4.00. The molecule has 0 radical (unpaired) electrons. The molecule has 0 saturated carbocycles. The van der Waals surface area contributed by atoms with E-state index < -0.39 is 23.6 Å². The number of amides is 1. The van der Waals surface area contributed by atoms with Crippen molar-refractivity contribution in [2.24, 2.45) is 0 Å². The van der Waals surface area contributed by atoms with Crippen molar-refractivity contribution in [3.63, 3.8) is 0 Å². The van der Waals surface area contributed by atoms with Gasteiger partial charge in [-0.15, -0.1) is 0 Å². The Morgan fingerprint density at radius 2 is 1.65 bits per heavy atom. The topological polar surface area (TPSA) is 82.1 Å². The second-order valence-electron chi connectivity index (χ2n) is 8.15. The average Bonchev–Trinajstić information content (AvgIpc) is 3.31. The van der Waals surface area contributed by atoms with E-state index in [0.717, 1.165) is 5.56 Å². The third-order valence-electron chi connectivity index (χ3n) is 5.70. The van der Waals surface area contributed by atoms with Crippen LogP contribution in [-0.4, -0.2) is 43.9 Å². The zero-order chi connectivity index (χ0) is 24.1. The van der Waals surface area contributed by atoms with Gasteiger partial charge in [0, 0.05) is 13.3 Å². The zero-order valence-corrected chi connectivity index (χ0v) is 19.0. The van der Waals surface area contributed by atoms with Crippen molar-refractivity contribution in [1.82, 2.24) is 0 Å². The first-order valence-corrected chi connectivity index (χ1v) is 10.9. The molecule has 34 heavy (non-hydrogen) atoms. The molecule has 2 aromatic carbocycles. The number of fused-ring (bicyclic) bond motifs is 1. The fourth-order valence-corrected chi connectivity index (χ4v) is 4.00. The van der Waals surface area contributed by atoms with Gasteiger partial charge >= 0.3 is 18.0 Å². The van der Waals surface area contributed by atoms with Crippen LogP contribution < -0.4 is 4.90 Å². The number of hydrogen-bond donors (Lipinski definition) is 0. The molecule has 3 aliphatic rings. The summed E-state index contributed by atoms with van der Waals surface area (Å²) >= 11 is 0. The van der Waals surface area contributed by atoms with Crippen molar-refractivity contribution in [1.29, 1.82) is 0 Å². The summed E-state index contributed by atoms with van der Waals surface area (Å²) in [7, 11) is 1.28. The lowest BCUT2D eigenvalue weighted by molar-refractivity contribution is -0.142. The summed E-state index contributed by atoms with van der Waals surface area (Å²) in [5, 5.41) is 0. The maximum atomic E-state index is 12.7. The van der Waals surface area contributed by atoms with Crippen molar-refractivity contribution in [2.45, 2.75) is 18.9 Å². The largest absolute Gasteiger partial charge is 0.465 e. The Morgan fingerprint density at radius 1 is 0.971 bits per heavy atom. The summed E-state index contributed by atoms with van der Waals surface area (Å²) in [5.41, 5.74) is 3.37. The van der Waals surface area contributed by atoms with Crippen LogP contribution in [0.2, 0.25) is 0 Å². The molecule has 1 fully saturated rings. The normalized spacial score (nSPS) is 17.2. The van der Waals surface area contributed by atoms with Crippen LogP contribution >= 0.6 is 0 Å². The molecule has 2 aromatic rings. The molecule has 5 rings (SSSR count). The predicted molar refractivity (Wildman–Crippen MR) is 127 cm³/mol. The summed E-state index contributed by atoms with van der Waals surface area (Å²) in [4.78, 5) is 37.8. The van der Waals surface area contributed by atoms with Gasteiger partial charge in [-0.25, -0.2) is 9.59 Å². The van der Waals surface area contributed by atoms with E-state index in [4.69, 9.17) is 14.2 Å². The molecule has 2 aliphatic carbocycles. The molecule has 1 amide bonds. The summed E-state index contributed by atoms with van der Waals surface area (Å²) < 4.78 is 15.5. The number of anilines is 1. The molecule has 0 N–H and O–H groups in total. The van der Waals surface area contributed by atoms with Crippen LogP contribution in [0.4, 0.5) is 10.5 Å². The van der Waals surface area contributed by atoms with Gasteiger partial charge in [-0.05, 0) is 34.9 Å². The van der Waals surface area contributed by atoms with Gasteiger partial charge in [0.05, 0.1) is 18.4 Å². The predicted octanol–water partition coefficient (Wildman–Crippen LogP) is 4.64. The fraction of sp³-hybridized carbons (Fsp3) is 0.222. The summed E-state index contributed by atoms with van der Waals surface area (Å²) in [6, 6.07) is 24.6. The van der Waals surface area contributed by atoms with Crippen LogP contribution in [0, 0.1) is 0 Å². The highest BCUT2D eigenvalue weighted by Gasteiger charge is 2.50. The molecule has 0 bridgehead atoms. The van der Waals surface area contributed by atoms with E-state index in [1.807, 2.05) is 30.3 Å². The van der Waals surface area contributed by atoms with Crippen LogP contribution in [0.5, 0.6) is 0 Å². The van der Waals surface area contributed by atoms with Crippen molar-refractivity contribution in [2.75, 3.05) is 25.2 Å². The van der Waals surface area contributed by atoms with Crippen LogP contribution in [0.15, 0.2) is 78.9 Å². The average molecular weight is 459 g/mol. The van der Waals surface area contributed by atoms with Gasteiger partial charge in [0.1, 0.15) is 18.8 Å². The molecule has 7 heteroatoms. The highest BCUT2D eigenvalue weighted by molar-refractivity contribution is 6.02. The molecule has 7 nitrogen and oxygen atoms in total. The number of ether oxygens (including phenoxy) is 3. The number of carbonyl (C=O) groups is 3. The number of cyclic esters (lactones) is 1. The highest BCUT2D eigenvalue weighted by Crippen LogP contribution is 2.36. The number of esters is 2. The van der Waals surface area contributed by atoms with Crippen molar-refractivity contribution < 1.29 is 28.6 Å². The lowest BCUT2D eigenvalue weighted by Crippen LogP contribution is -2.53. The van der Waals surface area contributed by atoms with E-state index in [1.165, 1.54) is 30.1 Å². The molecular formula is C27H25NO6. The molecule has 1 unspecified atom stereocenters. The quantitative estimate of drug-likeness (QED) is 0.309. The first-order chi connectivity index (χ1) is 16.4. The van der Waals surface area contributed by atoms with Crippen molar-refractivity contribution in [3.05, 3.63) is 90.0 Å². The number of nitrogens with zero attached hydrogens (tertiary/aromatic N) is 1. The van der Waals surface area contributed by atoms with E-state index in [1.54, 1.807) is 24.3 Å². The van der Waals surface area contributed by atoms with Gasteiger partial charge in [0.2, 0.25) is 0 Å². The zero-order valence-electron chi connectivity index (χ0n) is 19.0. The maximum Gasteiger partial charge on any atom is 0.415 e. The van der Waals surface area contributed by atoms with Gasteiger partial charge in [-0.3, -0.25) is 9.69 Å². The van der Waals surface area contributed by atoms with Gasteiger partial charge in [-0.1, -0.05) is 60.7 Å². The minimum Gasteiger partial charge on any atom is -0.465 e. The van der Waals surface area contributed by atoms with Crippen LogP contribution in [0.3, 0.4) is 0 Å². The molecule has 174 valence electrons. The Bertz CT molecular complexity index is 1190. The SMILES string of the molecule is COC(=O)c1ccccc1N1C(=O)OCC1(COC(C)=O)Cc1ccccc1.c1cc2cc-2c1. The lowest BCUT2D eigenvalue weighted by atomic mass is 9.90. The molecule has 1 saturated heterocycles. The minimum atomic E-state index is -0.992. The van der Waals surface area contributed by atoms with E-state index in [9.17, 15) is 14.4 Å². The smallest absolute Gasteiger partial charge is 0.415 e. The second kappa shape index (κ2) is 9.79. The Kier molecular flexibility index (Phi) is 6.63. The first kappa shape index (κ1) is 23.0. The second-order valence-corrected chi connectivity index (χ2v) is 8.15. The summed E-state index contributed by atoms with van der Waals surface area (Å²) in [6.07, 6.45) is -0.234. The molecule has 1 heterocycles. The minimum absolute atomic E-state index is 0.0174. The number of methoxy groups -OCH3 is 1. The monoisotopic (exact) mass is 459 g/mol. The number of carbonyl (C=O) groups excluding carboxylic acids is 3. The maximum absolute atomic E-state index is 12.7. The number of rotatable bonds is 6. The van der Waals surface area contributed by atoms with Crippen LogP contribution in [0.1, 0.15) is 22.8 Å². The van der Waals surface area contributed by atoms with E-state index in [2.05, 4.69) is 24.3 Å². The Balaban J connectivity index is 0.000000388. The van der Waals surface area contributed by atoms with E-state index >= 15 is 0 Å². The lowest BCUT2D eigenvalue weighted by Gasteiger charge is -2.35. The third-order valence-corrected chi connectivity index (χ3v) is 5.70. The van der Waals surface area contributed by atoms with E-state index in [-0.39, 0.29) is 18.8 Å². The molecule has 0 spiro atoms. The molecule has 1 aliphatic heterocycles. The van der Waals surface area contributed by atoms with E-state index in [0.29, 0.717) is 12.1 Å². The molecule has 0 aromatic heterocycles. The van der Waals surface area contributed by atoms with Crippen LogP contribution in [-0.2, 0) is 25.4 Å².